The van der Waals surface area contributed by atoms with E-state index in [0.29, 0.717) is 0 Å². The minimum atomic E-state index is -1.19. The molecule has 1 saturated heterocycles. The summed E-state index contributed by atoms with van der Waals surface area (Å²) in [7, 11) is 0. The molecule has 1 aliphatic rings. The van der Waals surface area contributed by atoms with E-state index in [2.05, 4.69) is 5.32 Å². The second-order valence-corrected chi connectivity index (χ2v) is 3.77. The number of carbonyl (C=O) groups is 1. The molecule has 88 valence electrons. The number of nitrogens with one attached hydrogen (secondary N) is 1. The first kappa shape index (κ1) is 12.4. The highest BCUT2D eigenvalue weighted by molar-refractivity contribution is 5.73. The molecule has 6 heteroatoms. The molecular weight excluding hydrogens is 202 g/mol. The lowest BCUT2D eigenvalue weighted by Crippen LogP contribution is -2.63. The number of hydrogen-bond donors (Lipinski definition) is 4. The zero-order valence-corrected chi connectivity index (χ0v) is 8.75. The van der Waals surface area contributed by atoms with Gasteiger partial charge in [0.05, 0.1) is 18.8 Å². The van der Waals surface area contributed by atoms with Crippen molar-refractivity contribution in [2.45, 2.75) is 44.3 Å². The Morgan fingerprint density at radius 2 is 2.00 bits per heavy atom. The van der Waals surface area contributed by atoms with Crippen LogP contribution in [0.3, 0.4) is 0 Å². The SMILES string of the molecule is CC(=O)N[C@@H]1C(O)[C@@H](O)C(CO)O[C@H]1C. The molecule has 0 aromatic rings. The van der Waals surface area contributed by atoms with Crippen LogP contribution in [0.25, 0.3) is 0 Å². The van der Waals surface area contributed by atoms with E-state index >= 15 is 0 Å². The molecule has 1 amide bonds. The van der Waals surface area contributed by atoms with Crippen LogP contribution in [0.4, 0.5) is 0 Å². The molecule has 1 fully saturated rings. The Morgan fingerprint density at radius 1 is 1.40 bits per heavy atom. The predicted molar refractivity (Wildman–Crippen MR) is 51.0 cm³/mol. The lowest BCUT2D eigenvalue weighted by atomic mass is 9.93. The van der Waals surface area contributed by atoms with Gasteiger partial charge in [0, 0.05) is 6.92 Å². The van der Waals surface area contributed by atoms with Gasteiger partial charge >= 0.3 is 0 Å². The maximum atomic E-state index is 10.9. The molecule has 0 radical (unpaired) electrons. The van der Waals surface area contributed by atoms with Crippen molar-refractivity contribution in [2.24, 2.45) is 0 Å². The predicted octanol–water partition coefficient (Wildman–Crippen LogP) is -2.01. The minimum absolute atomic E-state index is 0.302. The van der Waals surface area contributed by atoms with Crippen molar-refractivity contribution < 1.29 is 24.9 Å². The lowest BCUT2D eigenvalue weighted by molar-refractivity contribution is -0.190. The van der Waals surface area contributed by atoms with Crippen LogP contribution < -0.4 is 5.32 Å². The van der Waals surface area contributed by atoms with E-state index in [1.807, 2.05) is 0 Å². The average Bonchev–Trinajstić information content (AvgIpc) is 2.18. The fourth-order valence-electron chi connectivity index (χ4n) is 1.74. The monoisotopic (exact) mass is 219 g/mol. The number of amides is 1. The van der Waals surface area contributed by atoms with Crippen LogP contribution in [0.5, 0.6) is 0 Å². The second kappa shape index (κ2) is 4.89. The van der Waals surface area contributed by atoms with Crippen molar-refractivity contribution in [3.63, 3.8) is 0 Å². The standard InChI is InChI=1S/C9H17NO5/c1-4-7(10-5(2)12)9(14)8(13)6(3-11)15-4/h4,6-9,11,13-14H,3H2,1-2H3,(H,10,12)/t4-,6?,7-,8-,9?/m0/s1. The van der Waals surface area contributed by atoms with Gasteiger partial charge in [-0.25, -0.2) is 0 Å². The van der Waals surface area contributed by atoms with Gasteiger partial charge in [-0.05, 0) is 6.92 Å². The second-order valence-electron chi connectivity index (χ2n) is 3.77. The summed E-state index contributed by atoms with van der Waals surface area (Å²) in [5.41, 5.74) is 0. The highest BCUT2D eigenvalue weighted by atomic mass is 16.5. The summed E-state index contributed by atoms with van der Waals surface area (Å²) < 4.78 is 5.26. The summed E-state index contributed by atoms with van der Waals surface area (Å²) in [6.07, 6.45) is -3.58. The molecule has 2 unspecified atom stereocenters. The van der Waals surface area contributed by atoms with E-state index in [4.69, 9.17) is 9.84 Å². The summed E-state index contributed by atoms with van der Waals surface area (Å²) in [5.74, 6) is -0.302. The molecular formula is C9H17NO5. The topological polar surface area (TPSA) is 99.0 Å². The van der Waals surface area contributed by atoms with Crippen molar-refractivity contribution in [1.82, 2.24) is 5.32 Å². The summed E-state index contributed by atoms with van der Waals surface area (Å²) >= 11 is 0. The maximum absolute atomic E-state index is 10.9. The number of carbonyl (C=O) groups excluding carboxylic acids is 1. The molecule has 0 aromatic carbocycles. The summed E-state index contributed by atoms with van der Waals surface area (Å²) in [6, 6.07) is -0.653. The first-order valence-corrected chi connectivity index (χ1v) is 4.87. The number of hydrogen-bond acceptors (Lipinski definition) is 5. The fourth-order valence-corrected chi connectivity index (χ4v) is 1.74. The van der Waals surface area contributed by atoms with Gasteiger partial charge in [0.25, 0.3) is 0 Å². The van der Waals surface area contributed by atoms with Crippen molar-refractivity contribution >= 4 is 5.91 Å². The number of aliphatic hydroxyl groups excluding tert-OH is 3. The van der Waals surface area contributed by atoms with Crippen molar-refractivity contribution in [2.75, 3.05) is 6.61 Å². The van der Waals surface area contributed by atoms with E-state index in [1.165, 1.54) is 6.92 Å². The Morgan fingerprint density at radius 3 is 2.47 bits per heavy atom. The van der Waals surface area contributed by atoms with Crippen LogP contribution in [0.1, 0.15) is 13.8 Å². The molecule has 4 N–H and O–H groups in total. The molecule has 0 aliphatic carbocycles. The van der Waals surface area contributed by atoms with Crippen molar-refractivity contribution in [3.8, 4) is 0 Å². The smallest absolute Gasteiger partial charge is 0.217 e. The van der Waals surface area contributed by atoms with Gasteiger partial charge < -0.3 is 25.4 Å². The van der Waals surface area contributed by atoms with Gasteiger partial charge in [0.1, 0.15) is 18.3 Å². The highest BCUT2D eigenvalue weighted by Crippen LogP contribution is 2.20. The molecule has 6 nitrogen and oxygen atoms in total. The Bertz CT molecular complexity index is 235. The average molecular weight is 219 g/mol. The summed E-state index contributed by atoms with van der Waals surface area (Å²) in [6.45, 7) is 2.62. The molecule has 0 saturated carbocycles. The largest absolute Gasteiger partial charge is 0.394 e. The van der Waals surface area contributed by atoms with Crippen molar-refractivity contribution in [1.29, 1.82) is 0 Å². The third kappa shape index (κ3) is 2.66. The Hall–Kier alpha value is -0.690. The zero-order chi connectivity index (χ0) is 11.6. The quantitative estimate of drug-likeness (QED) is 0.430. The molecule has 0 aromatic heterocycles. The molecule has 0 spiro atoms. The lowest BCUT2D eigenvalue weighted by Gasteiger charge is -2.41. The zero-order valence-electron chi connectivity index (χ0n) is 8.75. The van der Waals surface area contributed by atoms with Gasteiger partial charge in [-0.3, -0.25) is 4.79 Å². The number of aliphatic hydroxyl groups is 3. The molecule has 1 aliphatic heterocycles. The molecule has 5 atom stereocenters. The maximum Gasteiger partial charge on any atom is 0.217 e. The van der Waals surface area contributed by atoms with Crippen LogP contribution in [0.15, 0.2) is 0 Å². The van der Waals surface area contributed by atoms with Gasteiger partial charge in [-0.2, -0.15) is 0 Å². The van der Waals surface area contributed by atoms with Crippen LogP contribution >= 0.6 is 0 Å². The minimum Gasteiger partial charge on any atom is -0.394 e. The van der Waals surface area contributed by atoms with E-state index in [9.17, 15) is 15.0 Å². The Labute approximate surface area is 87.9 Å². The van der Waals surface area contributed by atoms with Crippen LogP contribution in [-0.2, 0) is 9.53 Å². The third-order valence-corrected chi connectivity index (χ3v) is 2.54. The molecule has 0 bridgehead atoms. The van der Waals surface area contributed by atoms with Gasteiger partial charge in [0.15, 0.2) is 0 Å². The van der Waals surface area contributed by atoms with Gasteiger partial charge in [-0.15, -0.1) is 0 Å². The Balaban J connectivity index is 2.70. The Kier molecular flexibility index (Phi) is 4.04. The van der Waals surface area contributed by atoms with Crippen LogP contribution in [0.2, 0.25) is 0 Å². The van der Waals surface area contributed by atoms with E-state index < -0.39 is 30.5 Å². The summed E-state index contributed by atoms with van der Waals surface area (Å²) in [5, 5.41) is 30.6. The first-order chi connectivity index (χ1) is 6.97. The number of ether oxygens (including phenoxy) is 1. The molecule has 15 heavy (non-hydrogen) atoms. The number of rotatable bonds is 2. The van der Waals surface area contributed by atoms with Gasteiger partial charge in [-0.1, -0.05) is 0 Å². The van der Waals surface area contributed by atoms with Crippen LogP contribution in [0, 0.1) is 0 Å². The van der Waals surface area contributed by atoms with E-state index in [0.717, 1.165) is 0 Å². The first-order valence-electron chi connectivity index (χ1n) is 4.87. The van der Waals surface area contributed by atoms with Crippen LogP contribution in [-0.4, -0.2) is 58.3 Å². The van der Waals surface area contributed by atoms with E-state index in [-0.39, 0.29) is 12.5 Å². The summed E-state index contributed by atoms with van der Waals surface area (Å²) in [4.78, 5) is 10.9. The third-order valence-electron chi connectivity index (χ3n) is 2.54. The normalized spacial score (nSPS) is 41.3. The molecule has 1 heterocycles. The van der Waals surface area contributed by atoms with E-state index in [1.54, 1.807) is 6.92 Å². The fraction of sp³-hybridized carbons (Fsp3) is 0.889. The molecule has 1 rings (SSSR count). The van der Waals surface area contributed by atoms with Crippen molar-refractivity contribution in [3.05, 3.63) is 0 Å². The highest BCUT2D eigenvalue weighted by Gasteiger charge is 2.42. The van der Waals surface area contributed by atoms with Gasteiger partial charge in [0.2, 0.25) is 5.91 Å².